The number of rotatable bonds is 9. The largest absolute Gasteiger partial charge is 0.493 e. The number of benzene rings is 1. The molecule has 8 nitrogen and oxygen atoms in total. The van der Waals surface area contributed by atoms with Crippen LogP contribution in [-0.2, 0) is 30.6 Å². The van der Waals surface area contributed by atoms with Gasteiger partial charge in [0.25, 0.3) is 5.91 Å². The van der Waals surface area contributed by atoms with Gasteiger partial charge in [-0.2, -0.15) is 0 Å². The fraction of sp³-hybridized carbons (Fsp3) is 0.556. The third-order valence-electron chi connectivity index (χ3n) is 4.33. The van der Waals surface area contributed by atoms with Gasteiger partial charge in [0, 0.05) is 13.0 Å². The predicted octanol–water partition coefficient (Wildman–Crippen LogP) is 0.731. The van der Waals surface area contributed by atoms with Gasteiger partial charge in [-0.25, -0.2) is 8.42 Å². The summed E-state index contributed by atoms with van der Waals surface area (Å²) < 4.78 is 38.1. The third-order valence-corrected chi connectivity index (χ3v) is 6.17. The number of sulfone groups is 1. The molecule has 1 fully saturated rings. The van der Waals surface area contributed by atoms with Crippen molar-refractivity contribution >= 4 is 21.7 Å². The molecule has 2 rings (SSSR count). The van der Waals surface area contributed by atoms with Crippen molar-refractivity contribution in [1.82, 2.24) is 5.32 Å². The number of carbonyl (C=O) groups is 2. The SMILES string of the molecule is COc1ccc(CCNC(=O)COC(=O)C[C@H]2CCS(=O)(=O)C2)cc1OC. The van der Waals surface area contributed by atoms with E-state index in [4.69, 9.17) is 14.2 Å². The van der Waals surface area contributed by atoms with Gasteiger partial charge >= 0.3 is 5.97 Å². The van der Waals surface area contributed by atoms with Crippen molar-refractivity contribution in [2.45, 2.75) is 19.3 Å². The molecule has 1 aliphatic rings. The minimum Gasteiger partial charge on any atom is -0.493 e. The maximum absolute atomic E-state index is 11.8. The zero-order chi connectivity index (χ0) is 19.9. The van der Waals surface area contributed by atoms with E-state index in [-0.39, 0.29) is 30.5 Å². The number of hydrogen-bond acceptors (Lipinski definition) is 7. The topological polar surface area (TPSA) is 108 Å². The summed E-state index contributed by atoms with van der Waals surface area (Å²) in [7, 11) is 0.0903. The number of esters is 1. The first-order valence-electron chi connectivity index (χ1n) is 8.66. The van der Waals surface area contributed by atoms with Crippen LogP contribution in [0, 0.1) is 5.92 Å². The lowest BCUT2D eigenvalue weighted by molar-refractivity contribution is -0.149. The molecular weight excluding hydrogens is 374 g/mol. The van der Waals surface area contributed by atoms with Gasteiger partial charge < -0.3 is 19.5 Å². The minimum absolute atomic E-state index is 0.0135. The molecule has 0 radical (unpaired) electrons. The van der Waals surface area contributed by atoms with E-state index in [0.29, 0.717) is 30.9 Å². The molecule has 9 heteroatoms. The highest BCUT2D eigenvalue weighted by Crippen LogP contribution is 2.27. The molecule has 1 heterocycles. The molecule has 0 spiro atoms. The second-order valence-electron chi connectivity index (χ2n) is 6.42. The van der Waals surface area contributed by atoms with Gasteiger partial charge in [0.05, 0.1) is 25.7 Å². The molecular formula is C18H25NO7S. The molecule has 0 saturated carbocycles. The maximum atomic E-state index is 11.8. The average Bonchev–Trinajstić information content (AvgIpc) is 2.98. The summed E-state index contributed by atoms with van der Waals surface area (Å²) in [5.41, 5.74) is 0.965. The Hall–Kier alpha value is -2.29. The van der Waals surface area contributed by atoms with Gasteiger partial charge in [0.1, 0.15) is 0 Å². The van der Waals surface area contributed by atoms with Crippen molar-refractivity contribution in [3.63, 3.8) is 0 Å². The van der Waals surface area contributed by atoms with Crippen molar-refractivity contribution in [3.05, 3.63) is 23.8 Å². The van der Waals surface area contributed by atoms with E-state index in [0.717, 1.165) is 5.56 Å². The van der Waals surface area contributed by atoms with Crippen LogP contribution in [0.1, 0.15) is 18.4 Å². The van der Waals surface area contributed by atoms with Gasteiger partial charge in [-0.05, 0) is 36.5 Å². The summed E-state index contributed by atoms with van der Waals surface area (Å²) >= 11 is 0. The molecule has 1 atom stereocenters. The summed E-state index contributed by atoms with van der Waals surface area (Å²) in [5.74, 6) is 0.211. The first-order chi connectivity index (χ1) is 12.8. The Morgan fingerprint density at radius 2 is 1.93 bits per heavy atom. The van der Waals surface area contributed by atoms with E-state index in [9.17, 15) is 18.0 Å². The highest BCUT2D eigenvalue weighted by atomic mass is 32.2. The van der Waals surface area contributed by atoms with Crippen LogP contribution in [0.15, 0.2) is 18.2 Å². The second-order valence-corrected chi connectivity index (χ2v) is 8.65. The van der Waals surface area contributed by atoms with Crippen LogP contribution in [0.2, 0.25) is 0 Å². The molecule has 150 valence electrons. The number of amides is 1. The van der Waals surface area contributed by atoms with Crippen LogP contribution in [0.25, 0.3) is 0 Å². The molecule has 0 bridgehead atoms. The van der Waals surface area contributed by atoms with Gasteiger partial charge in [-0.1, -0.05) is 6.07 Å². The quantitative estimate of drug-likeness (QED) is 0.610. The lowest BCUT2D eigenvalue weighted by Gasteiger charge is -2.11. The Balaban J connectivity index is 1.67. The molecule has 1 amide bonds. The lowest BCUT2D eigenvalue weighted by atomic mass is 10.1. The minimum atomic E-state index is -3.02. The zero-order valence-electron chi connectivity index (χ0n) is 15.5. The molecule has 1 aliphatic heterocycles. The van der Waals surface area contributed by atoms with E-state index in [1.807, 2.05) is 12.1 Å². The van der Waals surface area contributed by atoms with Gasteiger partial charge in [0.15, 0.2) is 27.9 Å². The van der Waals surface area contributed by atoms with Gasteiger partial charge in [0.2, 0.25) is 0 Å². The highest BCUT2D eigenvalue weighted by molar-refractivity contribution is 7.91. The summed E-state index contributed by atoms with van der Waals surface area (Å²) in [6.45, 7) is 0.0109. The smallest absolute Gasteiger partial charge is 0.306 e. The van der Waals surface area contributed by atoms with E-state index >= 15 is 0 Å². The van der Waals surface area contributed by atoms with E-state index in [1.54, 1.807) is 20.3 Å². The average molecular weight is 399 g/mol. The van der Waals surface area contributed by atoms with Gasteiger partial charge in [-0.3, -0.25) is 9.59 Å². The number of nitrogens with one attached hydrogen (secondary N) is 1. The van der Waals surface area contributed by atoms with Crippen molar-refractivity contribution in [2.75, 3.05) is 38.9 Å². The van der Waals surface area contributed by atoms with E-state index < -0.39 is 21.7 Å². The van der Waals surface area contributed by atoms with Crippen molar-refractivity contribution in [1.29, 1.82) is 0 Å². The standard InChI is InChI=1S/C18H25NO7S/c1-24-15-4-3-13(9-16(15)25-2)5-7-19-17(20)11-26-18(21)10-14-6-8-27(22,23)12-14/h3-4,9,14H,5-8,10-12H2,1-2H3,(H,19,20)/t14-/m1/s1. The van der Waals surface area contributed by atoms with Crippen molar-refractivity contribution in [3.8, 4) is 11.5 Å². The maximum Gasteiger partial charge on any atom is 0.306 e. The summed E-state index contributed by atoms with van der Waals surface area (Å²) in [6.07, 6.45) is 1.08. The number of hydrogen-bond donors (Lipinski definition) is 1. The molecule has 0 aromatic heterocycles. The number of ether oxygens (including phenoxy) is 3. The first-order valence-corrected chi connectivity index (χ1v) is 10.5. The Morgan fingerprint density at radius 1 is 1.19 bits per heavy atom. The monoisotopic (exact) mass is 399 g/mol. The number of methoxy groups -OCH3 is 2. The fourth-order valence-corrected chi connectivity index (χ4v) is 4.77. The van der Waals surface area contributed by atoms with Crippen molar-refractivity contribution in [2.24, 2.45) is 5.92 Å². The van der Waals surface area contributed by atoms with E-state index in [1.165, 1.54) is 0 Å². The summed E-state index contributed by atoms with van der Waals surface area (Å²) in [4.78, 5) is 23.5. The van der Waals surface area contributed by atoms with Gasteiger partial charge in [-0.15, -0.1) is 0 Å². The lowest BCUT2D eigenvalue weighted by Crippen LogP contribution is -2.30. The zero-order valence-corrected chi connectivity index (χ0v) is 16.3. The van der Waals surface area contributed by atoms with Crippen molar-refractivity contribution < 1.29 is 32.2 Å². The second kappa shape index (κ2) is 9.59. The Bertz CT molecular complexity index is 776. The highest BCUT2D eigenvalue weighted by Gasteiger charge is 2.29. The normalized spacial score (nSPS) is 17.9. The van der Waals surface area contributed by atoms with Crippen LogP contribution in [0.4, 0.5) is 0 Å². The molecule has 1 saturated heterocycles. The van der Waals surface area contributed by atoms with Crippen LogP contribution < -0.4 is 14.8 Å². The van der Waals surface area contributed by atoms with Crippen LogP contribution >= 0.6 is 0 Å². The molecule has 0 aliphatic carbocycles. The number of carbonyl (C=O) groups excluding carboxylic acids is 2. The Morgan fingerprint density at radius 3 is 2.56 bits per heavy atom. The third kappa shape index (κ3) is 6.74. The fourth-order valence-electron chi connectivity index (χ4n) is 2.91. The first kappa shape index (κ1) is 21.0. The molecule has 1 aromatic rings. The molecule has 0 unspecified atom stereocenters. The summed E-state index contributed by atoms with van der Waals surface area (Å²) in [6, 6.07) is 5.50. The van der Waals surface area contributed by atoms with Crippen LogP contribution in [0.3, 0.4) is 0 Å². The Labute approximate surface area is 159 Å². The van der Waals surface area contributed by atoms with Crippen LogP contribution in [-0.4, -0.2) is 59.2 Å². The molecule has 1 aromatic carbocycles. The van der Waals surface area contributed by atoms with Crippen LogP contribution in [0.5, 0.6) is 11.5 Å². The molecule has 27 heavy (non-hydrogen) atoms. The predicted molar refractivity (Wildman–Crippen MR) is 98.6 cm³/mol. The van der Waals surface area contributed by atoms with E-state index in [2.05, 4.69) is 5.32 Å². The molecule has 1 N–H and O–H groups in total. The summed E-state index contributed by atoms with van der Waals surface area (Å²) in [5, 5.41) is 2.68. The Kier molecular flexibility index (Phi) is 7.46.